The standard InChI is InChI=1S/C24H22FN3O5/c1-30-20-11-21(31-2)23(32-3)22-16(20)10-18(28-22)24(29)27-12-14-6-7-19(17(25)9-14)33-15-5-4-8-26-13-15/h4-11,13,28H,12H2,1-3H3,(H,27,29). The molecule has 2 aromatic carbocycles. The molecule has 0 fully saturated rings. The van der Waals surface area contributed by atoms with Crippen LogP contribution in [0, 0.1) is 5.82 Å². The van der Waals surface area contributed by atoms with E-state index >= 15 is 0 Å². The Labute approximate surface area is 189 Å². The second kappa shape index (κ2) is 9.47. The van der Waals surface area contributed by atoms with Gasteiger partial charge < -0.3 is 29.2 Å². The van der Waals surface area contributed by atoms with Gasteiger partial charge in [-0.05, 0) is 35.9 Å². The number of carbonyl (C=O) groups excluding carboxylic acids is 1. The van der Waals surface area contributed by atoms with Crippen molar-refractivity contribution in [1.82, 2.24) is 15.3 Å². The molecular formula is C24H22FN3O5. The monoisotopic (exact) mass is 451 g/mol. The number of aromatic amines is 1. The molecule has 0 aliphatic heterocycles. The first-order valence-corrected chi connectivity index (χ1v) is 10.00. The van der Waals surface area contributed by atoms with Crippen LogP contribution in [0.25, 0.3) is 10.9 Å². The van der Waals surface area contributed by atoms with Gasteiger partial charge in [-0.2, -0.15) is 0 Å². The highest BCUT2D eigenvalue weighted by atomic mass is 19.1. The average Bonchev–Trinajstić information content (AvgIpc) is 3.29. The third-order valence-corrected chi connectivity index (χ3v) is 5.00. The van der Waals surface area contributed by atoms with Gasteiger partial charge in [-0.3, -0.25) is 9.78 Å². The van der Waals surface area contributed by atoms with Crippen LogP contribution in [0.3, 0.4) is 0 Å². The van der Waals surface area contributed by atoms with Crippen LogP contribution in [0.15, 0.2) is 54.9 Å². The van der Waals surface area contributed by atoms with Crippen LogP contribution in [0.4, 0.5) is 4.39 Å². The maximum absolute atomic E-state index is 14.5. The minimum atomic E-state index is -0.544. The van der Waals surface area contributed by atoms with Gasteiger partial charge in [-0.25, -0.2) is 4.39 Å². The van der Waals surface area contributed by atoms with Crippen molar-refractivity contribution >= 4 is 16.8 Å². The van der Waals surface area contributed by atoms with Crippen molar-refractivity contribution in [3.63, 3.8) is 0 Å². The number of nitrogens with one attached hydrogen (secondary N) is 2. The summed E-state index contributed by atoms with van der Waals surface area (Å²) in [6.07, 6.45) is 3.10. The highest BCUT2D eigenvalue weighted by molar-refractivity contribution is 6.02. The number of benzene rings is 2. The number of methoxy groups -OCH3 is 3. The average molecular weight is 451 g/mol. The summed E-state index contributed by atoms with van der Waals surface area (Å²) < 4.78 is 36.1. The Morgan fingerprint density at radius 2 is 1.85 bits per heavy atom. The zero-order valence-electron chi connectivity index (χ0n) is 18.3. The Balaban J connectivity index is 1.50. The van der Waals surface area contributed by atoms with Crippen LogP contribution in [0.5, 0.6) is 28.7 Å². The number of ether oxygens (including phenoxy) is 4. The van der Waals surface area contributed by atoms with Crippen molar-refractivity contribution < 1.29 is 28.1 Å². The number of hydrogen-bond donors (Lipinski definition) is 2. The highest BCUT2D eigenvalue weighted by Gasteiger charge is 2.19. The normalized spacial score (nSPS) is 10.7. The number of fused-ring (bicyclic) bond motifs is 1. The Hall–Kier alpha value is -4.27. The molecule has 2 heterocycles. The molecular weight excluding hydrogens is 429 g/mol. The number of amides is 1. The van der Waals surface area contributed by atoms with E-state index in [-0.39, 0.29) is 18.2 Å². The Morgan fingerprint density at radius 3 is 2.52 bits per heavy atom. The quantitative estimate of drug-likeness (QED) is 0.411. The van der Waals surface area contributed by atoms with E-state index in [0.29, 0.717) is 45.2 Å². The number of pyridine rings is 1. The molecule has 0 saturated carbocycles. The summed E-state index contributed by atoms with van der Waals surface area (Å²) in [5.74, 6) is 1.05. The van der Waals surface area contributed by atoms with Crippen molar-refractivity contribution in [3.05, 3.63) is 71.9 Å². The molecule has 0 atom stereocenters. The van der Waals surface area contributed by atoms with E-state index < -0.39 is 5.82 Å². The topological polar surface area (TPSA) is 94.7 Å². The van der Waals surface area contributed by atoms with Gasteiger partial charge in [-0.15, -0.1) is 0 Å². The minimum Gasteiger partial charge on any atom is -0.496 e. The molecule has 0 aliphatic rings. The van der Waals surface area contributed by atoms with Crippen molar-refractivity contribution in [3.8, 4) is 28.7 Å². The van der Waals surface area contributed by atoms with E-state index in [2.05, 4.69) is 15.3 Å². The van der Waals surface area contributed by atoms with E-state index in [9.17, 15) is 9.18 Å². The number of hydrogen-bond acceptors (Lipinski definition) is 6. The SMILES string of the molecule is COc1cc(OC)c2cc(C(=O)NCc3ccc(Oc4cccnc4)c(F)c3)[nH]c2c1OC. The Kier molecular flexibility index (Phi) is 6.30. The van der Waals surface area contributed by atoms with Gasteiger partial charge >= 0.3 is 0 Å². The second-order valence-electron chi connectivity index (χ2n) is 7.02. The molecule has 4 rings (SSSR count). The predicted molar refractivity (Wildman–Crippen MR) is 120 cm³/mol. The van der Waals surface area contributed by atoms with Gasteiger partial charge in [0.05, 0.1) is 33.0 Å². The summed E-state index contributed by atoms with van der Waals surface area (Å²) >= 11 is 0. The molecule has 8 nitrogen and oxygen atoms in total. The molecule has 1 amide bonds. The molecule has 9 heteroatoms. The largest absolute Gasteiger partial charge is 0.496 e. The fraction of sp³-hybridized carbons (Fsp3) is 0.167. The fourth-order valence-corrected chi connectivity index (χ4v) is 3.41. The molecule has 33 heavy (non-hydrogen) atoms. The van der Waals surface area contributed by atoms with Gasteiger partial charge in [0.25, 0.3) is 5.91 Å². The van der Waals surface area contributed by atoms with E-state index in [1.807, 2.05) is 0 Å². The number of rotatable bonds is 8. The number of H-pyrrole nitrogens is 1. The first-order chi connectivity index (χ1) is 16.0. The maximum atomic E-state index is 14.5. The molecule has 170 valence electrons. The second-order valence-corrected chi connectivity index (χ2v) is 7.02. The van der Waals surface area contributed by atoms with E-state index in [4.69, 9.17) is 18.9 Å². The third kappa shape index (κ3) is 4.52. The van der Waals surface area contributed by atoms with Crippen molar-refractivity contribution in [1.29, 1.82) is 0 Å². The lowest BCUT2D eigenvalue weighted by atomic mass is 10.2. The van der Waals surface area contributed by atoms with Crippen LogP contribution in [-0.2, 0) is 6.54 Å². The van der Waals surface area contributed by atoms with E-state index in [0.717, 1.165) is 0 Å². The number of nitrogens with zero attached hydrogens (tertiary/aromatic N) is 1. The lowest BCUT2D eigenvalue weighted by molar-refractivity contribution is 0.0946. The van der Waals surface area contributed by atoms with Crippen molar-refractivity contribution in [2.75, 3.05) is 21.3 Å². The van der Waals surface area contributed by atoms with Gasteiger partial charge in [0.2, 0.25) is 0 Å². The van der Waals surface area contributed by atoms with Crippen LogP contribution in [0.2, 0.25) is 0 Å². The van der Waals surface area contributed by atoms with Crippen LogP contribution in [-0.4, -0.2) is 37.2 Å². The summed E-state index contributed by atoms with van der Waals surface area (Å²) in [6, 6.07) is 11.2. The minimum absolute atomic E-state index is 0.0711. The first-order valence-electron chi connectivity index (χ1n) is 10.00. The van der Waals surface area contributed by atoms with Crippen LogP contribution >= 0.6 is 0 Å². The summed E-state index contributed by atoms with van der Waals surface area (Å²) in [6.45, 7) is 0.121. The van der Waals surface area contributed by atoms with Gasteiger partial charge in [-0.1, -0.05) is 6.07 Å². The molecule has 2 aromatic heterocycles. The lowest BCUT2D eigenvalue weighted by Crippen LogP contribution is -2.23. The summed E-state index contributed by atoms with van der Waals surface area (Å²) in [7, 11) is 4.57. The van der Waals surface area contributed by atoms with Gasteiger partial charge in [0.1, 0.15) is 17.2 Å². The summed E-state index contributed by atoms with van der Waals surface area (Å²) in [5, 5.41) is 3.45. The molecule has 4 aromatic rings. The molecule has 0 unspecified atom stereocenters. The Bertz CT molecular complexity index is 1290. The van der Waals surface area contributed by atoms with Crippen molar-refractivity contribution in [2.45, 2.75) is 6.54 Å². The molecule has 0 spiro atoms. The third-order valence-electron chi connectivity index (χ3n) is 5.00. The molecule has 0 aliphatic carbocycles. The molecule has 0 bridgehead atoms. The Morgan fingerprint density at radius 1 is 1.03 bits per heavy atom. The number of halogens is 1. The molecule has 0 saturated heterocycles. The lowest BCUT2D eigenvalue weighted by Gasteiger charge is -2.11. The zero-order chi connectivity index (χ0) is 23.4. The van der Waals surface area contributed by atoms with E-state index in [1.54, 1.807) is 36.5 Å². The van der Waals surface area contributed by atoms with Crippen molar-refractivity contribution in [2.24, 2.45) is 0 Å². The first kappa shape index (κ1) is 21.9. The number of carbonyl (C=O) groups is 1. The summed E-state index contributed by atoms with van der Waals surface area (Å²) in [4.78, 5) is 19.7. The smallest absolute Gasteiger partial charge is 0.268 e. The van der Waals surface area contributed by atoms with Gasteiger partial charge in [0.15, 0.2) is 23.1 Å². The summed E-state index contributed by atoms with van der Waals surface area (Å²) in [5.41, 5.74) is 1.45. The number of aromatic nitrogens is 2. The van der Waals surface area contributed by atoms with E-state index in [1.165, 1.54) is 39.7 Å². The van der Waals surface area contributed by atoms with Crippen LogP contribution < -0.4 is 24.3 Å². The molecule has 2 N–H and O–H groups in total. The zero-order valence-corrected chi connectivity index (χ0v) is 18.3. The van der Waals surface area contributed by atoms with Crippen LogP contribution in [0.1, 0.15) is 16.1 Å². The predicted octanol–water partition coefficient (Wildman–Crippen LogP) is 4.45. The fourth-order valence-electron chi connectivity index (χ4n) is 3.41. The van der Waals surface area contributed by atoms with Gasteiger partial charge in [0, 0.05) is 24.2 Å². The molecule has 0 radical (unpaired) electrons. The highest BCUT2D eigenvalue weighted by Crippen LogP contribution is 2.41. The maximum Gasteiger partial charge on any atom is 0.268 e.